The first-order chi connectivity index (χ1) is 26.3. The Morgan fingerprint density at radius 2 is 0.870 bits per heavy atom. The molecule has 1 heterocycles. The molecular weight excluding hydrogens is 688 g/mol. The van der Waals surface area contributed by atoms with Gasteiger partial charge in [-0.25, -0.2) is 0 Å². The van der Waals surface area contributed by atoms with Crippen LogP contribution in [0, 0.1) is 0 Å². The largest absolute Gasteiger partial charge is 0.462 e. The van der Waals surface area contributed by atoms with E-state index in [0.29, 0.717) is 6.42 Å². The third-order valence-corrected chi connectivity index (χ3v) is 10.7. The SMILES string of the molecule is CCCCCCCCCCCCCCCCCC(=O)OC[C@@H](CO[C@H]1O[C@@H](CO)[C@@H](O)C(O)C1O)OC(=O)CCCCCCCCCCCCCCCC. The molecule has 0 spiro atoms. The Bertz CT molecular complexity index is 855. The van der Waals surface area contributed by atoms with Crippen LogP contribution in [0.5, 0.6) is 0 Å². The Morgan fingerprint density at radius 1 is 0.500 bits per heavy atom. The fraction of sp³-hybridized carbons (Fsp3) is 0.955. The van der Waals surface area contributed by atoms with E-state index in [1.807, 2.05) is 0 Å². The molecule has 0 aliphatic carbocycles. The summed E-state index contributed by atoms with van der Waals surface area (Å²) in [5, 5.41) is 40.0. The molecule has 10 heteroatoms. The zero-order valence-electron chi connectivity index (χ0n) is 34.7. The predicted molar refractivity (Wildman–Crippen MR) is 215 cm³/mol. The van der Waals surface area contributed by atoms with Crippen LogP contribution in [0.15, 0.2) is 0 Å². The molecule has 1 fully saturated rings. The highest BCUT2D eigenvalue weighted by atomic mass is 16.7. The zero-order valence-corrected chi connectivity index (χ0v) is 34.7. The molecule has 0 aromatic rings. The maximum atomic E-state index is 12.7. The van der Waals surface area contributed by atoms with Crippen LogP contribution in [0.4, 0.5) is 0 Å². The smallest absolute Gasteiger partial charge is 0.306 e. The van der Waals surface area contributed by atoms with E-state index in [2.05, 4.69) is 13.8 Å². The molecule has 6 atom stereocenters. The summed E-state index contributed by atoms with van der Waals surface area (Å²) in [4.78, 5) is 25.3. The first kappa shape index (κ1) is 50.7. The highest BCUT2D eigenvalue weighted by molar-refractivity contribution is 5.70. The summed E-state index contributed by atoms with van der Waals surface area (Å²) in [7, 11) is 0. The van der Waals surface area contributed by atoms with Crippen LogP contribution < -0.4 is 0 Å². The molecule has 0 radical (unpaired) electrons. The van der Waals surface area contributed by atoms with E-state index < -0.39 is 49.4 Å². The topological polar surface area (TPSA) is 152 Å². The van der Waals surface area contributed by atoms with E-state index in [1.165, 1.54) is 141 Å². The predicted octanol–water partition coefficient (Wildman–Crippen LogP) is 9.39. The minimum Gasteiger partial charge on any atom is -0.462 e. The van der Waals surface area contributed by atoms with Crippen LogP contribution in [-0.4, -0.2) is 89.0 Å². The second kappa shape index (κ2) is 36.1. The molecule has 2 unspecified atom stereocenters. The average molecular weight is 773 g/mol. The Labute approximate surface area is 329 Å². The van der Waals surface area contributed by atoms with E-state index in [0.717, 1.165) is 38.5 Å². The van der Waals surface area contributed by atoms with E-state index in [4.69, 9.17) is 18.9 Å². The molecule has 54 heavy (non-hydrogen) atoms. The summed E-state index contributed by atoms with van der Waals surface area (Å²) in [5.74, 6) is -0.791. The third-order valence-electron chi connectivity index (χ3n) is 10.7. The molecule has 10 nitrogen and oxygen atoms in total. The Morgan fingerprint density at radius 3 is 1.26 bits per heavy atom. The summed E-state index contributed by atoms with van der Waals surface area (Å²) >= 11 is 0. The van der Waals surface area contributed by atoms with Gasteiger partial charge >= 0.3 is 11.9 Å². The van der Waals surface area contributed by atoms with E-state index >= 15 is 0 Å². The fourth-order valence-electron chi connectivity index (χ4n) is 7.13. The summed E-state index contributed by atoms with van der Waals surface area (Å²) < 4.78 is 22.2. The minimum absolute atomic E-state index is 0.209. The summed E-state index contributed by atoms with van der Waals surface area (Å²) in [6.45, 7) is 3.45. The van der Waals surface area contributed by atoms with Crippen molar-refractivity contribution < 1.29 is 49.0 Å². The van der Waals surface area contributed by atoms with Crippen LogP contribution in [0.25, 0.3) is 0 Å². The molecule has 320 valence electrons. The Kier molecular flexibility index (Phi) is 33.9. The molecule has 1 aliphatic heterocycles. The maximum Gasteiger partial charge on any atom is 0.306 e. The van der Waals surface area contributed by atoms with Gasteiger partial charge in [0.2, 0.25) is 0 Å². The molecule has 4 N–H and O–H groups in total. The van der Waals surface area contributed by atoms with Gasteiger partial charge in [0.05, 0.1) is 13.2 Å². The third kappa shape index (κ3) is 27.3. The molecule has 0 aromatic carbocycles. The molecule has 1 rings (SSSR count). The lowest BCUT2D eigenvalue weighted by atomic mass is 9.99. The van der Waals surface area contributed by atoms with Gasteiger partial charge in [-0.3, -0.25) is 9.59 Å². The Hall–Kier alpha value is -1.30. The first-order valence-corrected chi connectivity index (χ1v) is 22.6. The number of carbonyl (C=O) groups excluding carboxylic acids is 2. The van der Waals surface area contributed by atoms with Crippen molar-refractivity contribution in [3.63, 3.8) is 0 Å². The Balaban J connectivity index is 2.31. The van der Waals surface area contributed by atoms with Crippen molar-refractivity contribution in [1.82, 2.24) is 0 Å². The molecule has 0 bridgehead atoms. The van der Waals surface area contributed by atoms with Gasteiger partial charge in [0, 0.05) is 12.8 Å². The van der Waals surface area contributed by atoms with Crippen LogP contribution >= 0.6 is 0 Å². The molecule has 1 saturated heterocycles. The van der Waals surface area contributed by atoms with Crippen LogP contribution in [0.2, 0.25) is 0 Å². The number of aliphatic hydroxyl groups excluding tert-OH is 4. The second-order valence-electron chi connectivity index (χ2n) is 15.9. The molecule has 1 aliphatic rings. The normalized spacial score (nSPS) is 20.6. The maximum absolute atomic E-state index is 12.7. The number of hydrogen-bond donors (Lipinski definition) is 4. The summed E-state index contributed by atoms with van der Waals surface area (Å²) in [6.07, 6.45) is 28.2. The van der Waals surface area contributed by atoms with Gasteiger partial charge in [-0.05, 0) is 12.8 Å². The lowest BCUT2D eigenvalue weighted by Gasteiger charge is -2.39. The number of esters is 2. The van der Waals surface area contributed by atoms with Crippen molar-refractivity contribution in [1.29, 1.82) is 0 Å². The molecule has 0 amide bonds. The van der Waals surface area contributed by atoms with Gasteiger partial charge in [0.15, 0.2) is 12.4 Å². The number of aliphatic hydroxyl groups is 4. The highest BCUT2D eigenvalue weighted by Gasteiger charge is 2.44. The van der Waals surface area contributed by atoms with Gasteiger partial charge < -0.3 is 39.4 Å². The van der Waals surface area contributed by atoms with E-state index in [9.17, 15) is 30.0 Å². The minimum atomic E-state index is -1.59. The lowest BCUT2D eigenvalue weighted by Crippen LogP contribution is -2.59. The van der Waals surface area contributed by atoms with Gasteiger partial charge in [0.1, 0.15) is 31.0 Å². The fourth-order valence-corrected chi connectivity index (χ4v) is 7.13. The van der Waals surface area contributed by atoms with Gasteiger partial charge in [-0.1, -0.05) is 187 Å². The van der Waals surface area contributed by atoms with Crippen molar-refractivity contribution in [2.24, 2.45) is 0 Å². The van der Waals surface area contributed by atoms with Crippen molar-refractivity contribution in [3.05, 3.63) is 0 Å². The number of carbonyl (C=O) groups is 2. The quantitative estimate of drug-likeness (QED) is 0.0353. The van der Waals surface area contributed by atoms with Crippen LogP contribution in [0.1, 0.15) is 213 Å². The zero-order chi connectivity index (χ0) is 39.5. The number of ether oxygens (including phenoxy) is 4. The first-order valence-electron chi connectivity index (χ1n) is 22.6. The molecule has 0 saturated carbocycles. The number of rotatable bonds is 38. The van der Waals surface area contributed by atoms with Crippen LogP contribution in [0.3, 0.4) is 0 Å². The van der Waals surface area contributed by atoms with Gasteiger partial charge in [0.25, 0.3) is 0 Å². The van der Waals surface area contributed by atoms with E-state index in [-0.39, 0.29) is 32.0 Å². The standard InChI is InChI=1S/C44H84O10/c1-3-5-7-9-11-13-15-17-19-21-22-24-26-28-30-32-39(46)51-35-37(36-52-44-43(50)42(49)41(48)38(34-45)54-44)53-40(47)33-31-29-27-25-23-20-18-16-14-12-10-8-6-4-2/h37-38,41-45,48-50H,3-36H2,1-2H3/t37-,38-,41+,42?,43?,44-/m0/s1. The highest BCUT2D eigenvalue weighted by Crippen LogP contribution is 2.23. The molecule has 0 aromatic heterocycles. The number of hydrogen-bond acceptors (Lipinski definition) is 10. The molecular formula is C44H84O10. The van der Waals surface area contributed by atoms with E-state index in [1.54, 1.807) is 0 Å². The van der Waals surface area contributed by atoms with Crippen molar-refractivity contribution in [2.75, 3.05) is 19.8 Å². The number of unbranched alkanes of at least 4 members (excludes halogenated alkanes) is 27. The van der Waals surface area contributed by atoms with Crippen molar-refractivity contribution in [3.8, 4) is 0 Å². The second-order valence-corrected chi connectivity index (χ2v) is 15.9. The van der Waals surface area contributed by atoms with Crippen molar-refractivity contribution >= 4 is 11.9 Å². The van der Waals surface area contributed by atoms with Crippen molar-refractivity contribution in [2.45, 2.75) is 250 Å². The monoisotopic (exact) mass is 773 g/mol. The average Bonchev–Trinajstić information content (AvgIpc) is 3.17. The summed E-state index contributed by atoms with van der Waals surface area (Å²) in [5.41, 5.74) is 0. The summed E-state index contributed by atoms with van der Waals surface area (Å²) in [6, 6.07) is 0. The van der Waals surface area contributed by atoms with Gasteiger partial charge in [-0.15, -0.1) is 0 Å². The lowest BCUT2D eigenvalue weighted by molar-refractivity contribution is -0.305. The van der Waals surface area contributed by atoms with Crippen LogP contribution in [-0.2, 0) is 28.5 Å². The van der Waals surface area contributed by atoms with Gasteiger partial charge in [-0.2, -0.15) is 0 Å².